The van der Waals surface area contributed by atoms with Gasteiger partial charge in [-0.3, -0.25) is 14.9 Å². The molecule has 0 heterocycles. The van der Waals surface area contributed by atoms with Crippen LogP contribution in [0.2, 0.25) is 0 Å². The van der Waals surface area contributed by atoms with E-state index in [0.29, 0.717) is 6.42 Å². The fraction of sp³-hybridized carbons (Fsp3) is 0.900. The summed E-state index contributed by atoms with van der Waals surface area (Å²) in [6.07, 6.45) is 2.00. The van der Waals surface area contributed by atoms with Crippen LogP contribution in [0.15, 0.2) is 0 Å². The minimum atomic E-state index is -0.951. The first-order chi connectivity index (χ1) is 6.34. The molecule has 0 aromatic rings. The Balaban J connectivity index is 2.82. The highest BCUT2D eigenvalue weighted by Crippen LogP contribution is 2.36. The van der Waals surface area contributed by atoms with Gasteiger partial charge in [0.1, 0.15) is 0 Å². The molecule has 2 atom stereocenters. The van der Waals surface area contributed by atoms with Crippen molar-refractivity contribution in [1.29, 1.82) is 0 Å². The molecule has 0 unspecified atom stereocenters. The molecule has 0 bridgehead atoms. The zero-order valence-electron chi connectivity index (χ0n) is 8.95. The normalized spacial score (nSPS) is 28.9. The molecule has 0 aromatic heterocycles. The smallest absolute Gasteiger partial charge is 0.270 e. The van der Waals surface area contributed by atoms with Gasteiger partial charge in [-0.15, -0.1) is 0 Å². The standard InChI is InChI=1S/C10H17NO3/c1-10(2,3)7-5-4-6-8(9(7)12)11(13)14/h7-8H,4-6H2,1-3H3/t7-,8-/m0/s1. The van der Waals surface area contributed by atoms with E-state index in [-0.39, 0.29) is 17.1 Å². The number of hydrogen-bond donors (Lipinski definition) is 0. The summed E-state index contributed by atoms with van der Waals surface area (Å²) >= 11 is 0. The second kappa shape index (κ2) is 3.67. The molecular formula is C10H17NO3. The van der Waals surface area contributed by atoms with Crippen molar-refractivity contribution in [3.8, 4) is 0 Å². The second-order valence-corrected chi connectivity index (χ2v) is 5.05. The van der Waals surface area contributed by atoms with E-state index in [0.717, 1.165) is 12.8 Å². The van der Waals surface area contributed by atoms with Gasteiger partial charge in [-0.2, -0.15) is 0 Å². The molecule has 0 spiro atoms. The van der Waals surface area contributed by atoms with Crippen molar-refractivity contribution in [3.63, 3.8) is 0 Å². The maximum Gasteiger partial charge on any atom is 0.270 e. The van der Waals surface area contributed by atoms with Crippen molar-refractivity contribution < 1.29 is 9.72 Å². The highest BCUT2D eigenvalue weighted by molar-refractivity contribution is 5.86. The van der Waals surface area contributed by atoms with E-state index in [1.54, 1.807) is 0 Å². The van der Waals surface area contributed by atoms with E-state index < -0.39 is 11.0 Å². The van der Waals surface area contributed by atoms with Gasteiger partial charge < -0.3 is 0 Å². The number of hydrogen-bond acceptors (Lipinski definition) is 3. The Kier molecular flexibility index (Phi) is 2.92. The summed E-state index contributed by atoms with van der Waals surface area (Å²) in [7, 11) is 0. The van der Waals surface area contributed by atoms with Crippen LogP contribution in [0.3, 0.4) is 0 Å². The van der Waals surface area contributed by atoms with Crippen molar-refractivity contribution in [1.82, 2.24) is 0 Å². The predicted molar refractivity (Wildman–Crippen MR) is 52.6 cm³/mol. The van der Waals surface area contributed by atoms with Crippen molar-refractivity contribution in [3.05, 3.63) is 10.1 Å². The minimum Gasteiger partial charge on any atom is -0.292 e. The summed E-state index contributed by atoms with van der Waals surface area (Å²) in [6, 6.07) is -0.951. The zero-order valence-corrected chi connectivity index (χ0v) is 8.95. The highest BCUT2D eigenvalue weighted by Gasteiger charge is 2.43. The molecule has 1 fully saturated rings. The molecule has 1 aliphatic carbocycles. The average Bonchev–Trinajstić information content (AvgIpc) is 2.01. The zero-order chi connectivity index (χ0) is 10.9. The molecule has 4 nitrogen and oxygen atoms in total. The van der Waals surface area contributed by atoms with Gasteiger partial charge in [-0.05, 0) is 18.3 Å². The Labute approximate surface area is 83.8 Å². The molecule has 1 saturated carbocycles. The van der Waals surface area contributed by atoms with Crippen LogP contribution in [0.5, 0.6) is 0 Å². The largest absolute Gasteiger partial charge is 0.292 e. The average molecular weight is 199 g/mol. The van der Waals surface area contributed by atoms with Gasteiger partial charge in [0.25, 0.3) is 6.04 Å². The monoisotopic (exact) mass is 199 g/mol. The maximum absolute atomic E-state index is 11.8. The molecule has 0 aliphatic heterocycles. The molecule has 0 amide bonds. The first kappa shape index (κ1) is 11.1. The third-order valence-corrected chi connectivity index (χ3v) is 2.94. The number of nitrogens with zero attached hydrogens (tertiary/aromatic N) is 1. The van der Waals surface area contributed by atoms with E-state index in [1.807, 2.05) is 20.8 Å². The van der Waals surface area contributed by atoms with Crippen molar-refractivity contribution in [2.45, 2.75) is 46.1 Å². The number of carbonyl (C=O) groups excluding carboxylic acids is 1. The van der Waals surface area contributed by atoms with Crippen LogP contribution in [-0.2, 0) is 4.79 Å². The second-order valence-electron chi connectivity index (χ2n) is 5.05. The van der Waals surface area contributed by atoms with Crippen molar-refractivity contribution >= 4 is 5.78 Å². The predicted octanol–water partition coefficient (Wildman–Crippen LogP) is 2.05. The lowest BCUT2D eigenvalue weighted by atomic mass is 9.70. The van der Waals surface area contributed by atoms with E-state index in [4.69, 9.17) is 0 Å². The maximum atomic E-state index is 11.8. The SMILES string of the molecule is CC(C)(C)[C@H]1CCC[C@H]([N+](=O)[O-])C1=O. The Bertz CT molecular complexity index is 255. The van der Waals surface area contributed by atoms with Gasteiger partial charge in [-0.1, -0.05) is 20.8 Å². The Hall–Kier alpha value is -0.930. The van der Waals surface area contributed by atoms with E-state index in [9.17, 15) is 14.9 Å². The highest BCUT2D eigenvalue weighted by atomic mass is 16.6. The van der Waals surface area contributed by atoms with Gasteiger partial charge in [0.05, 0.1) is 0 Å². The molecule has 0 radical (unpaired) electrons. The Morgan fingerprint density at radius 3 is 2.36 bits per heavy atom. The summed E-state index contributed by atoms with van der Waals surface area (Å²) in [5.41, 5.74) is -0.147. The Morgan fingerprint density at radius 2 is 1.93 bits per heavy atom. The summed E-state index contributed by atoms with van der Waals surface area (Å²) in [5.74, 6) is -0.319. The molecule has 4 heteroatoms. The minimum absolute atomic E-state index is 0.147. The van der Waals surface area contributed by atoms with Gasteiger partial charge in [0, 0.05) is 17.3 Å². The van der Waals surface area contributed by atoms with Gasteiger partial charge in [0.2, 0.25) is 5.78 Å². The van der Waals surface area contributed by atoms with Crippen LogP contribution in [0, 0.1) is 21.4 Å². The first-order valence-electron chi connectivity index (χ1n) is 5.01. The summed E-state index contributed by atoms with van der Waals surface area (Å²) in [6.45, 7) is 5.91. The number of Topliss-reactive ketones (excluding diaryl/α,β-unsaturated/α-hetero) is 1. The quantitative estimate of drug-likeness (QED) is 0.479. The van der Waals surface area contributed by atoms with Crippen LogP contribution in [0.4, 0.5) is 0 Å². The number of ketones is 1. The lowest BCUT2D eigenvalue weighted by molar-refractivity contribution is -0.510. The molecular weight excluding hydrogens is 182 g/mol. The molecule has 0 aromatic carbocycles. The Morgan fingerprint density at radius 1 is 1.36 bits per heavy atom. The third-order valence-electron chi connectivity index (χ3n) is 2.94. The number of carbonyl (C=O) groups is 1. The fourth-order valence-corrected chi connectivity index (χ4v) is 2.10. The molecule has 1 rings (SSSR count). The number of rotatable bonds is 1. The van der Waals surface area contributed by atoms with Gasteiger partial charge >= 0.3 is 0 Å². The van der Waals surface area contributed by atoms with E-state index in [2.05, 4.69) is 0 Å². The van der Waals surface area contributed by atoms with Gasteiger partial charge in [-0.25, -0.2) is 0 Å². The van der Waals surface area contributed by atoms with Crippen LogP contribution in [0.1, 0.15) is 40.0 Å². The lowest BCUT2D eigenvalue weighted by Crippen LogP contribution is -2.43. The van der Waals surface area contributed by atoms with Crippen molar-refractivity contribution in [2.75, 3.05) is 0 Å². The summed E-state index contributed by atoms with van der Waals surface area (Å²) < 4.78 is 0. The number of nitro groups is 1. The van der Waals surface area contributed by atoms with E-state index in [1.165, 1.54) is 0 Å². The fourth-order valence-electron chi connectivity index (χ4n) is 2.10. The summed E-state index contributed by atoms with van der Waals surface area (Å²) in [5, 5.41) is 10.6. The third kappa shape index (κ3) is 2.11. The molecule has 80 valence electrons. The molecule has 0 saturated heterocycles. The molecule has 1 aliphatic rings. The van der Waals surface area contributed by atoms with Crippen LogP contribution in [0.25, 0.3) is 0 Å². The van der Waals surface area contributed by atoms with Crippen LogP contribution >= 0.6 is 0 Å². The summed E-state index contributed by atoms with van der Waals surface area (Å²) in [4.78, 5) is 22.0. The molecule has 14 heavy (non-hydrogen) atoms. The van der Waals surface area contributed by atoms with Crippen molar-refractivity contribution in [2.24, 2.45) is 11.3 Å². The van der Waals surface area contributed by atoms with Crippen LogP contribution < -0.4 is 0 Å². The first-order valence-corrected chi connectivity index (χ1v) is 5.01. The molecule has 0 N–H and O–H groups in total. The lowest BCUT2D eigenvalue weighted by Gasteiger charge is -2.33. The van der Waals surface area contributed by atoms with Crippen LogP contribution in [-0.4, -0.2) is 16.7 Å². The van der Waals surface area contributed by atoms with Gasteiger partial charge in [0.15, 0.2) is 0 Å². The van der Waals surface area contributed by atoms with E-state index >= 15 is 0 Å². The topological polar surface area (TPSA) is 60.2 Å².